The molecule has 134 valence electrons. The Bertz CT molecular complexity index is 902. The molecule has 4 rings (SSSR count). The first kappa shape index (κ1) is 16.7. The van der Waals surface area contributed by atoms with E-state index < -0.39 is 0 Å². The van der Waals surface area contributed by atoms with Gasteiger partial charge in [-0.1, -0.05) is 11.8 Å². The average molecular weight is 371 g/mol. The lowest BCUT2D eigenvalue weighted by Crippen LogP contribution is -2.11. The van der Waals surface area contributed by atoms with E-state index in [0.717, 1.165) is 27.1 Å². The Kier molecular flexibility index (Phi) is 4.16. The number of rotatable bonds is 4. The second kappa shape index (κ2) is 6.49. The van der Waals surface area contributed by atoms with Crippen LogP contribution in [0.25, 0.3) is 0 Å². The minimum absolute atomic E-state index is 0.121. The van der Waals surface area contributed by atoms with Crippen molar-refractivity contribution in [3.63, 3.8) is 0 Å². The summed E-state index contributed by atoms with van der Waals surface area (Å²) in [5.74, 6) is 2.49. The number of nitrogens with zero attached hydrogens (tertiary/aromatic N) is 1. The zero-order valence-electron chi connectivity index (χ0n) is 14.6. The molecule has 0 aliphatic carbocycles. The highest BCUT2D eigenvalue weighted by Gasteiger charge is 2.27. The van der Waals surface area contributed by atoms with Gasteiger partial charge in [0.05, 0.1) is 24.9 Å². The van der Waals surface area contributed by atoms with Gasteiger partial charge in [-0.2, -0.15) is 0 Å². The number of ether oxygens (including phenoxy) is 4. The number of hydrogen-bond donors (Lipinski definition) is 0. The van der Waals surface area contributed by atoms with Crippen molar-refractivity contribution in [1.29, 1.82) is 0 Å². The third-order valence-electron chi connectivity index (χ3n) is 4.25. The van der Waals surface area contributed by atoms with Crippen molar-refractivity contribution in [2.75, 3.05) is 33.0 Å². The minimum atomic E-state index is -0.121. The maximum absolute atomic E-state index is 12.8. The summed E-state index contributed by atoms with van der Waals surface area (Å²) in [5, 5.41) is 0.829. The van der Waals surface area contributed by atoms with Gasteiger partial charge in [0.15, 0.2) is 17.3 Å². The Balaban J connectivity index is 1.64. The largest absolute Gasteiger partial charge is 0.497 e. The Morgan fingerprint density at radius 3 is 2.38 bits per heavy atom. The maximum Gasteiger partial charge on any atom is 0.231 e. The highest BCUT2D eigenvalue weighted by atomic mass is 32.2. The van der Waals surface area contributed by atoms with E-state index >= 15 is 0 Å². The van der Waals surface area contributed by atoms with E-state index in [1.807, 2.05) is 24.1 Å². The molecule has 2 aliphatic rings. The summed E-state index contributed by atoms with van der Waals surface area (Å²) in [6.45, 7) is 0.242. The molecule has 26 heavy (non-hydrogen) atoms. The lowest BCUT2D eigenvalue weighted by molar-refractivity contribution is 0.104. The van der Waals surface area contributed by atoms with Crippen LogP contribution in [-0.4, -0.2) is 33.8 Å². The van der Waals surface area contributed by atoms with Crippen LogP contribution in [0.1, 0.15) is 10.4 Å². The highest BCUT2D eigenvalue weighted by Crippen LogP contribution is 2.50. The smallest absolute Gasteiger partial charge is 0.231 e. The molecule has 0 unspecified atom stereocenters. The van der Waals surface area contributed by atoms with Crippen LogP contribution >= 0.6 is 11.8 Å². The molecular weight excluding hydrogens is 354 g/mol. The standard InChI is InChI=1S/C19H17NO5S/c1-20-14-7-16-17(25-10-24-16)9-18(14)26-19(20)8-15(21)11-4-12(22-2)6-13(5-11)23-3/h4-9H,10H2,1-3H3/b19-8+. The number of benzene rings is 2. The number of ketones is 1. The van der Waals surface area contributed by atoms with E-state index in [0.29, 0.717) is 17.1 Å². The summed E-state index contributed by atoms with van der Waals surface area (Å²) < 4.78 is 21.3. The van der Waals surface area contributed by atoms with E-state index in [-0.39, 0.29) is 12.6 Å². The maximum atomic E-state index is 12.8. The Morgan fingerprint density at radius 1 is 1.08 bits per heavy atom. The first-order chi connectivity index (χ1) is 12.6. The molecule has 0 amide bonds. The fraction of sp³-hybridized carbons (Fsp3) is 0.211. The molecule has 2 aromatic carbocycles. The molecule has 6 nitrogen and oxygen atoms in total. The van der Waals surface area contributed by atoms with Gasteiger partial charge in [0.1, 0.15) is 11.5 Å². The van der Waals surface area contributed by atoms with Gasteiger partial charge in [-0.05, 0) is 12.1 Å². The molecule has 0 N–H and O–H groups in total. The Hall–Kier alpha value is -2.80. The number of allylic oxidation sites excluding steroid dienone is 1. The van der Waals surface area contributed by atoms with E-state index in [2.05, 4.69) is 0 Å². The second-order valence-corrected chi connectivity index (χ2v) is 6.84. The third-order valence-corrected chi connectivity index (χ3v) is 5.40. The van der Waals surface area contributed by atoms with Crippen molar-refractivity contribution in [2.24, 2.45) is 0 Å². The van der Waals surface area contributed by atoms with Crippen LogP contribution in [0.2, 0.25) is 0 Å². The molecule has 0 bridgehead atoms. The van der Waals surface area contributed by atoms with Gasteiger partial charge in [-0.25, -0.2) is 0 Å². The molecule has 0 aromatic heterocycles. The van der Waals surface area contributed by atoms with Crippen LogP contribution in [0.15, 0.2) is 46.3 Å². The predicted molar refractivity (Wildman–Crippen MR) is 98.8 cm³/mol. The lowest BCUT2D eigenvalue weighted by atomic mass is 10.1. The number of carbonyl (C=O) groups is 1. The molecule has 2 heterocycles. The van der Waals surface area contributed by atoms with E-state index in [4.69, 9.17) is 18.9 Å². The monoisotopic (exact) mass is 371 g/mol. The van der Waals surface area contributed by atoms with Gasteiger partial charge in [-0.3, -0.25) is 4.79 Å². The first-order valence-corrected chi connectivity index (χ1v) is 8.75. The minimum Gasteiger partial charge on any atom is -0.497 e. The number of thioether (sulfide) groups is 1. The van der Waals surface area contributed by atoms with Crippen molar-refractivity contribution in [3.8, 4) is 23.0 Å². The first-order valence-electron chi connectivity index (χ1n) is 7.93. The van der Waals surface area contributed by atoms with E-state index in [1.165, 1.54) is 11.8 Å². The Morgan fingerprint density at radius 2 is 1.73 bits per heavy atom. The van der Waals surface area contributed by atoms with E-state index in [1.54, 1.807) is 38.5 Å². The molecule has 0 atom stereocenters. The van der Waals surface area contributed by atoms with Crippen molar-refractivity contribution in [3.05, 3.63) is 47.0 Å². The fourth-order valence-electron chi connectivity index (χ4n) is 2.83. The number of anilines is 1. The van der Waals surface area contributed by atoms with Crippen molar-refractivity contribution in [1.82, 2.24) is 0 Å². The van der Waals surface area contributed by atoms with Crippen LogP contribution in [-0.2, 0) is 0 Å². The summed E-state index contributed by atoms with van der Waals surface area (Å²) in [5.41, 5.74) is 1.49. The summed E-state index contributed by atoms with van der Waals surface area (Å²) in [4.78, 5) is 15.8. The van der Waals surface area contributed by atoms with Crippen LogP contribution in [0.3, 0.4) is 0 Å². The fourth-order valence-corrected chi connectivity index (χ4v) is 3.92. The molecule has 0 fully saturated rings. The lowest BCUT2D eigenvalue weighted by Gasteiger charge is -2.13. The van der Waals surface area contributed by atoms with Crippen LogP contribution in [0.4, 0.5) is 5.69 Å². The summed E-state index contributed by atoms with van der Waals surface area (Å²) >= 11 is 1.52. The van der Waals surface area contributed by atoms with Gasteiger partial charge in [0, 0.05) is 41.8 Å². The molecule has 0 saturated heterocycles. The van der Waals surface area contributed by atoms with Gasteiger partial charge in [0.25, 0.3) is 0 Å². The van der Waals surface area contributed by atoms with Crippen LogP contribution < -0.4 is 23.8 Å². The quantitative estimate of drug-likeness (QED) is 0.600. The number of methoxy groups -OCH3 is 2. The summed E-state index contributed by atoms with van der Waals surface area (Å²) in [6.07, 6.45) is 1.62. The molecule has 0 radical (unpaired) electrons. The second-order valence-electron chi connectivity index (χ2n) is 5.78. The normalized spacial score (nSPS) is 16.0. The summed E-state index contributed by atoms with van der Waals surface area (Å²) in [6, 6.07) is 9.01. The van der Waals surface area contributed by atoms with Gasteiger partial charge >= 0.3 is 0 Å². The third kappa shape index (κ3) is 2.84. The van der Waals surface area contributed by atoms with Crippen LogP contribution in [0, 0.1) is 0 Å². The molecule has 0 saturated carbocycles. The van der Waals surface area contributed by atoms with Gasteiger partial charge in [-0.15, -0.1) is 0 Å². The molecular formula is C19H17NO5S. The van der Waals surface area contributed by atoms with Gasteiger partial charge < -0.3 is 23.8 Å². The summed E-state index contributed by atoms with van der Waals surface area (Å²) in [7, 11) is 5.04. The topological polar surface area (TPSA) is 57.2 Å². The molecule has 2 aliphatic heterocycles. The number of hydrogen-bond acceptors (Lipinski definition) is 7. The molecule has 2 aromatic rings. The predicted octanol–water partition coefficient (Wildman–Crippen LogP) is 3.70. The number of carbonyl (C=O) groups excluding carboxylic acids is 1. The van der Waals surface area contributed by atoms with Crippen molar-refractivity contribution >= 4 is 23.2 Å². The highest BCUT2D eigenvalue weighted by molar-refractivity contribution is 8.03. The molecule has 7 heteroatoms. The average Bonchev–Trinajstić information content (AvgIpc) is 3.23. The van der Waals surface area contributed by atoms with E-state index in [9.17, 15) is 4.79 Å². The zero-order valence-corrected chi connectivity index (χ0v) is 15.4. The molecule has 0 spiro atoms. The zero-order chi connectivity index (χ0) is 18.3. The Labute approximate surface area is 155 Å². The van der Waals surface area contributed by atoms with Crippen molar-refractivity contribution in [2.45, 2.75) is 4.90 Å². The van der Waals surface area contributed by atoms with Gasteiger partial charge in [0.2, 0.25) is 6.79 Å². The SMILES string of the molecule is COc1cc(OC)cc(C(=O)/C=C2/Sc3cc4c(cc3N2C)OCO4)c1. The van der Waals surface area contributed by atoms with Crippen LogP contribution in [0.5, 0.6) is 23.0 Å². The number of fused-ring (bicyclic) bond motifs is 2. The van der Waals surface area contributed by atoms with Crippen molar-refractivity contribution < 1.29 is 23.7 Å².